The Morgan fingerprint density at radius 1 is 1.10 bits per heavy atom. The fraction of sp³-hybridized carbons (Fsp3) is 0.467. The molecule has 0 aliphatic heterocycles. The second-order valence-electron chi connectivity index (χ2n) is 5.55. The van der Waals surface area contributed by atoms with Gasteiger partial charge in [0.2, 0.25) is 11.8 Å². The summed E-state index contributed by atoms with van der Waals surface area (Å²) in [5.74, 6) is -0.271. The first-order chi connectivity index (χ1) is 9.26. The molecule has 0 aromatic heterocycles. The van der Waals surface area contributed by atoms with Gasteiger partial charge in [0.15, 0.2) is 0 Å². The number of hydrogen-bond donors (Lipinski definition) is 3. The molecule has 0 saturated heterocycles. The van der Waals surface area contributed by atoms with Crippen molar-refractivity contribution in [3.63, 3.8) is 0 Å². The fourth-order valence-corrected chi connectivity index (χ4v) is 1.36. The molecule has 0 aliphatic rings. The van der Waals surface area contributed by atoms with Gasteiger partial charge in [-0.1, -0.05) is 19.9 Å². The van der Waals surface area contributed by atoms with Crippen LogP contribution in [0.3, 0.4) is 0 Å². The van der Waals surface area contributed by atoms with E-state index in [1.165, 1.54) is 0 Å². The molecule has 1 rings (SSSR count). The quantitative estimate of drug-likeness (QED) is 0.773. The van der Waals surface area contributed by atoms with Crippen LogP contribution in [0.5, 0.6) is 0 Å². The lowest BCUT2D eigenvalue weighted by Crippen LogP contribution is -2.47. The number of nitrogens with one attached hydrogen (secondary N) is 3. The first-order valence-electron chi connectivity index (χ1n) is 6.67. The molecular formula is C15H23N3O2. The van der Waals surface area contributed by atoms with Crippen molar-refractivity contribution in [2.24, 2.45) is 5.92 Å². The normalized spacial score (nSPS) is 11.3. The summed E-state index contributed by atoms with van der Waals surface area (Å²) in [5, 5.41) is 8.57. The van der Waals surface area contributed by atoms with E-state index < -0.39 is 5.54 Å². The van der Waals surface area contributed by atoms with Gasteiger partial charge in [0.05, 0.1) is 5.54 Å². The van der Waals surface area contributed by atoms with Gasteiger partial charge in [-0.15, -0.1) is 0 Å². The Morgan fingerprint density at radius 2 is 1.65 bits per heavy atom. The highest BCUT2D eigenvalue weighted by atomic mass is 16.2. The van der Waals surface area contributed by atoms with E-state index in [9.17, 15) is 9.59 Å². The smallest absolute Gasteiger partial charge is 0.244 e. The third-order valence-corrected chi connectivity index (χ3v) is 3.11. The van der Waals surface area contributed by atoms with Gasteiger partial charge in [-0.25, -0.2) is 0 Å². The summed E-state index contributed by atoms with van der Waals surface area (Å²) < 4.78 is 0. The van der Waals surface area contributed by atoms with Crippen LogP contribution >= 0.6 is 0 Å². The third kappa shape index (κ3) is 4.35. The number of rotatable bonds is 5. The van der Waals surface area contributed by atoms with Crippen LogP contribution in [0.25, 0.3) is 0 Å². The molecule has 0 atom stereocenters. The van der Waals surface area contributed by atoms with Gasteiger partial charge in [-0.3, -0.25) is 9.59 Å². The van der Waals surface area contributed by atoms with E-state index >= 15 is 0 Å². The molecule has 5 nitrogen and oxygen atoms in total. The second kappa shape index (κ2) is 6.52. The van der Waals surface area contributed by atoms with E-state index in [0.717, 1.165) is 0 Å². The van der Waals surface area contributed by atoms with Gasteiger partial charge in [-0.2, -0.15) is 0 Å². The largest absolute Gasteiger partial charge is 0.326 e. The van der Waals surface area contributed by atoms with Crippen molar-refractivity contribution >= 4 is 23.2 Å². The summed E-state index contributed by atoms with van der Waals surface area (Å²) in [6.07, 6.45) is 0. The van der Waals surface area contributed by atoms with Gasteiger partial charge in [0.25, 0.3) is 0 Å². The lowest BCUT2D eigenvalue weighted by molar-refractivity contribution is -0.121. The first-order valence-corrected chi connectivity index (χ1v) is 6.67. The Balaban J connectivity index is 2.79. The molecule has 0 fully saturated rings. The minimum absolute atomic E-state index is 0.0518. The maximum atomic E-state index is 12.0. The summed E-state index contributed by atoms with van der Waals surface area (Å²) in [7, 11) is 1.73. The topological polar surface area (TPSA) is 70.2 Å². The number of likely N-dealkylation sites (N-methyl/N-ethyl adjacent to an activating group) is 1. The molecule has 0 radical (unpaired) electrons. The lowest BCUT2D eigenvalue weighted by atomic mass is 10.1. The molecule has 0 bridgehead atoms. The Bertz CT molecular complexity index is 496. The number of benzene rings is 1. The van der Waals surface area contributed by atoms with Gasteiger partial charge < -0.3 is 16.0 Å². The van der Waals surface area contributed by atoms with E-state index in [4.69, 9.17) is 0 Å². The van der Waals surface area contributed by atoms with Crippen LogP contribution in [0, 0.1) is 5.92 Å². The molecule has 1 aromatic rings. The molecule has 2 amide bonds. The van der Waals surface area contributed by atoms with Crippen molar-refractivity contribution in [3.8, 4) is 0 Å². The maximum absolute atomic E-state index is 12.0. The number of carbonyl (C=O) groups is 2. The van der Waals surface area contributed by atoms with Crippen molar-refractivity contribution in [1.29, 1.82) is 0 Å². The van der Waals surface area contributed by atoms with Crippen LogP contribution < -0.4 is 16.0 Å². The van der Waals surface area contributed by atoms with Gasteiger partial charge in [0.1, 0.15) is 0 Å². The van der Waals surface area contributed by atoms with Gasteiger partial charge in [-0.05, 0) is 39.1 Å². The van der Waals surface area contributed by atoms with Crippen molar-refractivity contribution in [3.05, 3.63) is 24.3 Å². The summed E-state index contributed by atoms with van der Waals surface area (Å²) in [5.41, 5.74) is 0.667. The third-order valence-electron chi connectivity index (χ3n) is 3.11. The SMILES string of the molecule is CNC(C)(C)C(=O)Nc1cccc(NC(=O)C(C)C)c1. The van der Waals surface area contributed by atoms with Crippen molar-refractivity contribution in [2.45, 2.75) is 33.2 Å². The summed E-state index contributed by atoms with van der Waals surface area (Å²) in [6, 6.07) is 7.11. The predicted octanol–water partition coefficient (Wildman–Crippen LogP) is 2.22. The first kappa shape index (κ1) is 16.2. The van der Waals surface area contributed by atoms with Crippen molar-refractivity contribution in [2.75, 3.05) is 17.7 Å². The number of amides is 2. The Hall–Kier alpha value is -1.88. The van der Waals surface area contributed by atoms with Crippen LogP contribution in [-0.2, 0) is 9.59 Å². The van der Waals surface area contributed by atoms with Crippen LogP contribution in [0.4, 0.5) is 11.4 Å². The molecule has 5 heteroatoms. The monoisotopic (exact) mass is 277 g/mol. The molecule has 1 aromatic carbocycles. The molecular weight excluding hydrogens is 254 g/mol. The minimum atomic E-state index is -0.656. The summed E-state index contributed by atoms with van der Waals surface area (Å²) in [6.45, 7) is 7.26. The maximum Gasteiger partial charge on any atom is 0.244 e. The highest BCUT2D eigenvalue weighted by molar-refractivity contribution is 5.98. The van der Waals surface area contributed by atoms with Crippen molar-refractivity contribution in [1.82, 2.24) is 5.32 Å². The highest BCUT2D eigenvalue weighted by Crippen LogP contribution is 2.17. The zero-order chi connectivity index (χ0) is 15.3. The number of hydrogen-bond acceptors (Lipinski definition) is 3. The molecule has 0 unspecified atom stereocenters. The second-order valence-corrected chi connectivity index (χ2v) is 5.55. The zero-order valence-electron chi connectivity index (χ0n) is 12.7. The Morgan fingerprint density at radius 3 is 2.15 bits per heavy atom. The van der Waals surface area contributed by atoms with E-state index in [2.05, 4.69) is 16.0 Å². The van der Waals surface area contributed by atoms with E-state index in [1.54, 1.807) is 45.2 Å². The standard InChI is InChI=1S/C15H23N3O2/c1-10(2)13(19)17-11-7-6-8-12(9-11)18-14(20)15(3,4)16-5/h6-10,16H,1-5H3,(H,17,19)(H,18,20). The zero-order valence-corrected chi connectivity index (χ0v) is 12.7. The molecule has 0 aliphatic carbocycles. The molecule has 0 saturated carbocycles. The van der Waals surface area contributed by atoms with E-state index in [-0.39, 0.29) is 17.7 Å². The van der Waals surface area contributed by atoms with Gasteiger partial charge in [0, 0.05) is 17.3 Å². The molecule has 20 heavy (non-hydrogen) atoms. The van der Waals surface area contributed by atoms with Gasteiger partial charge >= 0.3 is 0 Å². The van der Waals surface area contributed by atoms with Crippen LogP contribution in [0.1, 0.15) is 27.7 Å². The molecule has 0 heterocycles. The average Bonchev–Trinajstić information content (AvgIpc) is 2.38. The molecule has 3 N–H and O–H groups in total. The van der Waals surface area contributed by atoms with Crippen LogP contribution in [0.15, 0.2) is 24.3 Å². The lowest BCUT2D eigenvalue weighted by Gasteiger charge is -2.22. The number of carbonyl (C=O) groups excluding carboxylic acids is 2. The highest BCUT2D eigenvalue weighted by Gasteiger charge is 2.25. The minimum Gasteiger partial charge on any atom is -0.326 e. The summed E-state index contributed by atoms with van der Waals surface area (Å²) >= 11 is 0. The predicted molar refractivity (Wildman–Crippen MR) is 81.7 cm³/mol. The Kier molecular flexibility index (Phi) is 5.27. The van der Waals surface area contributed by atoms with E-state index in [1.807, 2.05) is 13.8 Å². The summed E-state index contributed by atoms with van der Waals surface area (Å²) in [4.78, 5) is 23.7. The number of anilines is 2. The van der Waals surface area contributed by atoms with Crippen LogP contribution in [-0.4, -0.2) is 24.4 Å². The molecule has 0 spiro atoms. The van der Waals surface area contributed by atoms with Crippen LogP contribution in [0.2, 0.25) is 0 Å². The van der Waals surface area contributed by atoms with E-state index in [0.29, 0.717) is 11.4 Å². The van der Waals surface area contributed by atoms with Crippen molar-refractivity contribution < 1.29 is 9.59 Å². The average molecular weight is 277 g/mol. The fourth-order valence-electron chi connectivity index (χ4n) is 1.36. The Labute approximate surface area is 120 Å². The molecule has 110 valence electrons.